The number of aromatic nitrogens is 2. The van der Waals surface area contributed by atoms with E-state index < -0.39 is 0 Å². The van der Waals surface area contributed by atoms with Crippen LogP contribution in [0.4, 0.5) is 0 Å². The van der Waals surface area contributed by atoms with E-state index in [1.807, 2.05) is 36.4 Å². The molecule has 0 aliphatic heterocycles. The van der Waals surface area contributed by atoms with Crippen molar-refractivity contribution < 1.29 is 0 Å². The average molecular weight is 427 g/mol. The Morgan fingerprint density at radius 3 is 2.74 bits per heavy atom. The van der Waals surface area contributed by atoms with Crippen molar-refractivity contribution in [2.45, 2.75) is 0 Å². The molecule has 0 radical (unpaired) electrons. The average Bonchev–Trinajstić information content (AvgIpc) is 2.42. The van der Waals surface area contributed by atoms with Crippen LogP contribution < -0.4 is 5.56 Å². The summed E-state index contributed by atoms with van der Waals surface area (Å²) >= 11 is 5.72. The number of para-hydroxylation sites is 1. The Morgan fingerprint density at radius 2 is 1.89 bits per heavy atom. The van der Waals surface area contributed by atoms with E-state index in [1.165, 1.54) is 0 Å². The van der Waals surface area contributed by atoms with Crippen LogP contribution in [0, 0.1) is 3.57 Å². The summed E-state index contributed by atoms with van der Waals surface area (Å²) in [5.74, 6) is 0.592. The molecule has 3 aromatic rings. The molecule has 1 N–H and O–H groups in total. The van der Waals surface area contributed by atoms with Gasteiger partial charge >= 0.3 is 0 Å². The SMILES string of the molecule is O=c1[nH]c(-c2cccc(Br)c2I)nc2ccccc12. The van der Waals surface area contributed by atoms with Gasteiger partial charge in [0.05, 0.1) is 10.9 Å². The van der Waals surface area contributed by atoms with Crippen LogP contribution in [0.2, 0.25) is 0 Å². The molecule has 0 saturated heterocycles. The molecule has 3 nitrogen and oxygen atoms in total. The third-order valence-electron chi connectivity index (χ3n) is 2.82. The molecule has 2 aromatic carbocycles. The van der Waals surface area contributed by atoms with Crippen molar-refractivity contribution in [3.8, 4) is 11.4 Å². The quantitative estimate of drug-likeness (QED) is 0.598. The van der Waals surface area contributed by atoms with Gasteiger partial charge in [0.25, 0.3) is 5.56 Å². The van der Waals surface area contributed by atoms with Crippen LogP contribution in [-0.2, 0) is 0 Å². The second kappa shape index (κ2) is 5.05. The van der Waals surface area contributed by atoms with E-state index in [0.717, 1.165) is 13.6 Å². The highest BCUT2D eigenvalue weighted by atomic mass is 127. The molecule has 0 saturated carbocycles. The molecule has 0 amide bonds. The van der Waals surface area contributed by atoms with Crippen molar-refractivity contribution in [2.24, 2.45) is 0 Å². The van der Waals surface area contributed by atoms with Gasteiger partial charge in [0.2, 0.25) is 0 Å². The zero-order chi connectivity index (χ0) is 13.4. The zero-order valence-corrected chi connectivity index (χ0v) is 13.4. The van der Waals surface area contributed by atoms with Crippen LogP contribution in [0.15, 0.2) is 51.7 Å². The monoisotopic (exact) mass is 426 g/mol. The summed E-state index contributed by atoms with van der Waals surface area (Å²) in [4.78, 5) is 19.4. The first-order valence-electron chi connectivity index (χ1n) is 5.60. The first kappa shape index (κ1) is 12.8. The number of aromatic amines is 1. The summed E-state index contributed by atoms with van der Waals surface area (Å²) in [6.45, 7) is 0. The second-order valence-corrected chi connectivity index (χ2v) is 5.97. The lowest BCUT2D eigenvalue weighted by Crippen LogP contribution is -2.09. The third kappa shape index (κ3) is 2.32. The van der Waals surface area contributed by atoms with Gasteiger partial charge in [-0.25, -0.2) is 4.98 Å². The minimum atomic E-state index is -0.114. The number of fused-ring (bicyclic) bond motifs is 1. The molecule has 0 atom stereocenters. The van der Waals surface area contributed by atoms with E-state index in [9.17, 15) is 4.79 Å². The minimum Gasteiger partial charge on any atom is -0.306 e. The number of nitrogens with one attached hydrogen (secondary N) is 1. The van der Waals surface area contributed by atoms with Gasteiger partial charge in [-0.15, -0.1) is 0 Å². The van der Waals surface area contributed by atoms with Gasteiger partial charge in [-0.05, 0) is 56.7 Å². The topological polar surface area (TPSA) is 45.8 Å². The molecule has 3 rings (SSSR count). The summed E-state index contributed by atoms with van der Waals surface area (Å²) < 4.78 is 2.01. The fraction of sp³-hybridized carbons (Fsp3) is 0. The maximum absolute atomic E-state index is 12.1. The second-order valence-electron chi connectivity index (χ2n) is 4.03. The third-order valence-corrected chi connectivity index (χ3v) is 5.38. The summed E-state index contributed by atoms with van der Waals surface area (Å²) in [5.41, 5.74) is 1.51. The molecule has 0 aliphatic carbocycles. The fourth-order valence-electron chi connectivity index (χ4n) is 1.90. The maximum atomic E-state index is 12.1. The van der Waals surface area contributed by atoms with Gasteiger partial charge in [0.1, 0.15) is 5.82 Å². The highest BCUT2D eigenvalue weighted by molar-refractivity contribution is 14.1. The summed E-state index contributed by atoms with van der Waals surface area (Å²) in [5, 5.41) is 0.608. The predicted octanol–water partition coefficient (Wildman–Crippen LogP) is 3.96. The molecule has 94 valence electrons. The predicted molar refractivity (Wildman–Crippen MR) is 88.2 cm³/mol. The van der Waals surface area contributed by atoms with Crippen molar-refractivity contribution >= 4 is 49.4 Å². The lowest BCUT2D eigenvalue weighted by molar-refractivity contribution is 1.17. The van der Waals surface area contributed by atoms with Crippen molar-refractivity contribution in [2.75, 3.05) is 0 Å². The summed E-state index contributed by atoms with van der Waals surface area (Å²) in [6.07, 6.45) is 0. The fourth-order valence-corrected chi connectivity index (χ4v) is 2.88. The van der Waals surface area contributed by atoms with E-state index >= 15 is 0 Å². The van der Waals surface area contributed by atoms with E-state index in [1.54, 1.807) is 6.07 Å². The van der Waals surface area contributed by atoms with Crippen LogP contribution in [-0.4, -0.2) is 9.97 Å². The molecule has 19 heavy (non-hydrogen) atoms. The largest absolute Gasteiger partial charge is 0.306 e. The van der Waals surface area contributed by atoms with Gasteiger partial charge in [0, 0.05) is 13.6 Å². The Morgan fingerprint density at radius 1 is 1.11 bits per heavy atom. The Balaban J connectivity index is 2.32. The lowest BCUT2D eigenvalue weighted by Gasteiger charge is -2.06. The molecule has 1 aromatic heterocycles. The van der Waals surface area contributed by atoms with Crippen molar-refractivity contribution in [1.82, 2.24) is 9.97 Å². The number of nitrogens with zero attached hydrogens (tertiary/aromatic N) is 1. The summed E-state index contributed by atoms with van der Waals surface area (Å²) in [6, 6.07) is 13.2. The number of halogens is 2. The summed E-state index contributed by atoms with van der Waals surface area (Å²) in [7, 11) is 0. The number of H-pyrrole nitrogens is 1. The Kier molecular flexibility index (Phi) is 3.40. The molecule has 0 aliphatic rings. The molecule has 1 heterocycles. The van der Waals surface area contributed by atoms with Gasteiger partial charge in [-0.2, -0.15) is 0 Å². The van der Waals surface area contributed by atoms with E-state index in [-0.39, 0.29) is 5.56 Å². The molecule has 0 bridgehead atoms. The highest BCUT2D eigenvalue weighted by Crippen LogP contribution is 2.28. The van der Waals surface area contributed by atoms with E-state index in [2.05, 4.69) is 48.5 Å². The van der Waals surface area contributed by atoms with Crippen molar-refractivity contribution in [3.63, 3.8) is 0 Å². The lowest BCUT2D eigenvalue weighted by atomic mass is 10.2. The molecule has 0 unspecified atom stereocenters. The normalized spacial score (nSPS) is 10.8. The minimum absolute atomic E-state index is 0.114. The van der Waals surface area contributed by atoms with Crippen LogP contribution in [0.3, 0.4) is 0 Å². The van der Waals surface area contributed by atoms with Gasteiger partial charge in [-0.1, -0.05) is 24.3 Å². The number of rotatable bonds is 1. The van der Waals surface area contributed by atoms with Crippen LogP contribution in [0.5, 0.6) is 0 Å². The van der Waals surface area contributed by atoms with Crippen molar-refractivity contribution in [3.05, 3.63) is 60.9 Å². The Bertz CT molecular complexity index is 829. The van der Waals surface area contributed by atoms with Gasteiger partial charge in [0.15, 0.2) is 0 Å². The molecular weight excluding hydrogens is 419 g/mol. The number of hydrogen-bond donors (Lipinski definition) is 1. The first-order chi connectivity index (χ1) is 9.16. The van der Waals surface area contributed by atoms with Crippen LogP contribution >= 0.6 is 38.5 Å². The van der Waals surface area contributed by atoms with E-state index in [4.69, 9.17) is 0 Å². The zero-order valence-electron chi connectivity index (χ0n) is 9.65. The van der Waals surface area contributed by atoms with E-state index in [0.29, 0.717) is 16.7 Å². The van der Waals surface area contributed by atoms with Gasteiger partial charge in [-0.3, -0.25) is 4.79 Å². The Labute approximate surface area is 131 Å². The van der Waals surface area contributed by atoms with Crippen LogP contribution in [0.1, 0.15) is 0 Å². The maximum Gasteiger partial charge on any atom is 0.259 e. The number of hydrogen-bond acceptors (Lipinski definition) is 2. The van der Waals surface area contributed by atoms with Crippen LogP contribution in [0.25, 0.3) is 22.3 Å². The van der Waals surface area contributed by atoms with Gasteiger partial charge < -0.3 is 4.98 Å². The molecule has 5 heteroatoms. The standard InChI is InChI=1S/C14H8BrIN2O/c15-10-6-3-5-9(12(10)16)13-17-11-7-2-1-4-8(11)14(19)18-13/h1-7H,(H,17,18,19). The Hall–Kier alpha value is -1.21. The number of benzene rings is 2. The smallest absolute Gasteiger partial charge is 0.259 e. The molecule has 0 spiro atoms. The first-order valence-corrected chi connectivity index (χ1v) is 7.47. The highest BCUT2D eigenvalue weighted by Gasteiger charge is 2.10. The molecule has 0 fully saturated rings. The van der Waals surface area contributed by atoms with Crippen molar-refractivity contribution in [1.29, 1.82) is 0 Å². The molecular formula is C14H8BrIN2O.